The molecule has 3 N–H and O–H groups in total. The van der Waals surface area contributed by atoms with E-state index in [1.807, 2.05) is 19.1 Å². The zero-order chi connectivity index (χ0) is 11.3. The van der Waals surface area contributed by atoms with Crippen molar-refractivity contribution in [2.24, 2.45) is 10.7 Å². The maximum atomic E-state index is 7.62. The monoisotopic (exact) mass is 205 g/mol. The molecule has 15 heavy (non-hydrogen) atoms. The first-order valence-electron chi connectivity index (χ1n) is 4.76. The molecule has 1 aromatic carbocycles. The summed E-state index contributed by atoms with van der Waals surface area (Å²) < 4.78 is 5.29. The van der Waals surface area contributed by atoms with Crippen LogP contribution in [-0.2, 0) is 0 Å². The first kappa shape index (κ1) is 11.2. The van der Waals surface area contributed by atoms with E-state index in [1.165, 1.54) is 0 Å². The molecule has 0 fully saturated rings. The summed E-state index contributed by atoms with van der Waals surface area (Å²) >= 11 is 0. The van der Waals surface area contributed by atoms with Gasteiger partial charge in [-0.15, -0.1) is 0 Å². The van der Waals surface area contributed by atoms with Gasteiger partial charge in [-0.25, -0.2) is 4.99 Å². The molecule has 4 nitrogen and oxygen atoms in total. The van der Waals surface area contributed by atoms with Crippen LogP contribution in [0.1, 0.15) is 19.4 Å². The number of hydrogen-bond acceptors (Lipinski definition) is 2. The highest BCUT2D eigenvalue weighted by atomic mass is 16.5. The van der Waals surface area contributed by atoms with Crippen molar-refractivity contribution in [2.75, 3.05) is 6.61 Å². The molecule has 1 aromatic rings. The second kappa shape index (κ2) is 5.14. The second-order valence-corrected chi connectivity index (χ2v) is 3.06. The maximum Gasteiger partial charge on any atom is 0.153 e. The maximum absolute atomic E-state index is 7.62. The van der Waals surface area contributed by atoms with Crippen LogP contribution in [0.25, 0.3) is 0 Å². The van der Waals surface area contributed by atoms with E-state index in [9.17, 15) is 0 Å². The minimum Gasteiger partial charge on any atom is -0.494 e. The molecule has 0 saturated heterocycles. The number of ether oxygens (including phenoxy) is 1. The largest absolute Gasteiger partial charge is 0.494 e. The van der Waals surface area contributed by atoms with Gasteiger partial charge < -0.3 is 10.5 Å². The standard InChI is InChI=1S/C11H15N3O/c1-3-15-10-6-4-9(5-7-10)11(13)14-8(2)12/h4-7H,3H2,1-2H3,(H3,12,13,14). The first-order valence-corrected chi connectivity index (χ1v) is 4.76. The number of benzene rings is 1. The third-order valence-electron chi connectivity index (χ3n) is 1.73. The summed E-state index contributed by atoms with van der Waals surface area (Å²) in [4.78, 5) is 3.86. The van der Waals surface area contributed by atoms with E-state index in [4.69, 9.17) is 15.9 Å². The normalized spacial score (nSPS) is 11.2. The lowest BCUT2D eigenvalue weighted by atomic mass is 10.2. The Kier molecular flexibility index (Phi) is 3.85. The molecule has 0 spiro atoms. The van der Waals surface area contributed by atoms with Gasteiger partial charge in [-0.1, -0.05) is 0 Å². The van der Waals surface area contributed by atoms with Crippen molar-refractivity contribution < 1.29 is 4.74 Å². The number of amidine groups is 2. The Labute approximate surface area is 89.3 Å². The van der Waals surface area contributed by atoms with Crippen LogP contribution in [0.15, 0.2) is 29.3 Å². The summed E-state index contributed by atoms with van der Waals surface area (Å²) in [7, 11) is 0. The predicted molar refractivity (Wildman–Crippen MR) is 61.7 cm³/mol. The summed E-state index contributed by atoms with van der Waals surface area (Å²) in [5, 5.41) is 7.62. The average Bonchev–Trinajstić information content (AvgIpc) is 2.18. The number of aliphatic imine (C=N–C) groups is 1. The molecule has 0 saturated carbocycles. The van der Waals surface area contributed by atoms with Crippen LogP contribution in [0.5, 0.6) is 5.75 Å². The van der Waals surface area contributed by atoms with Crippen molar-refractivity contribution in [1.82, 2.24) is 0 Å². The van der Waals surface area contributed by atoms with Gasteiger partial charge in [0, 0.05) is 5.56 Å². The fourth-order valence-electron chi connectivity index (χ4n) is 1.12. The van der Waals surface area contributed by atoms with Crippen molar-refractivity contribution in [3.05, 3.63) is 29.8 Å². The van der Waals surface area contributed by atoms with Gasteiger partial charge >= 0.3 is 0 Å². The lowest BCUT2D eigenvalue weighted by Gasteiger charge is -2.03. The molecule has 4 heteroatoms. The molecule has 0 amide bonds. The minimum atomic E-state index is 0.165. The molecule has 1 rings (SSSR count). The van der Waals surface area contributed by atoms with Gasteiger partial charge in [0.25, 0.3) is 0 Å². The van der Waals surface area contributed by atoms with Gasteiger partial charge in [0.15, 0.2) is 5.84 Å². The van der Waals surface area contributed by atoms with Crippen molar-refractivity contribution in [3.63, 3.8) is 0 Å². The highest BCUT2D eigenvalue weighted by Crippen LogP contribution is 2.12. The van der Waals surface area contributed by atoms with Crippen molar-refractivity contribution in [3.8, 4) is 5.75 Å². The molecule has 0 radical (unpaired) electrons. The Bertz CT molecular complexity index is 364. The summed E-state index contributed by atoms with van der Waals surface area (Å²) in [6, 6.07) is 7.21. The number of hydrogen-bond donors (Lipinski definition) is 2. The van der Waals surface area contributed by atoms with Gasteiger partial charge in [-0.3, -0.25) is 5.41 Å². The lowest BCUT2D eigenvalue weighted by molar-refractivity contribution is 0.340. The van der Waals surface area contributed by atoms with Gasteiger partial charge in [0.2, 0.25) is 0 Å². The van der Waals surface area contributed by atoms with Gasteiger partial charge in [0.1, 0.15) is 5.75 Å². The highest BCUT2D eigenvalue weighted by Gasteiger charge is 1.99. The molecule has 0 aliphatic rings. The van der Waals surface area contributed by atoms with E-state index >= 15 is 0 Å². The number of nitrogens with zero attached hydrogens (tertiary/aromatic N) is 1. The molecule has 0 aliphatic heterocycles. The second-order valence-electron chi connectivity index (χ2n) is 3.06. The van der Waals surface area contributed by atoms with E-state index in [1.54, 1.807) is 19.1 Å². The molecule has 0 atom stereocenters. The molecule has 0 unspecified atom stereocenters. The van der Waals surface area contributed by atoms with Gasteiger partial charge in [0.05, 0.1) is 12.4 Å². The fraction of sp³-hybridized carbons (Fsp3) is 0.273. The zero-order valence-corrected chi connectivity index (χ0v) is 8.95. The fourth-order valence-corrected chi connectivity index (χ4v) is 1.12. The summed E-state index contributed by atoms with van der Waals surface area (Å²) in [5.41, 5.74) is 6.12. The number of nitrogens with one attached hydrogen (secondary N) is 1. The predicted octanol–water partition coefficient (Wildman–Crippen LogP) is 1.79. The van der Waals surface area contributed by atoms with E-state index in [0.29, 0.717) is 12.4 Å². The summed E-state index contributed by atoms with van der Waals surface area (Å²) in [6.45, 7) is 4.22. The van der Waals surface area contributed by atoms with Crippen LogP contribution in [0.4, 0.5) is 0 Å². The van der Waals surface area contributed by atoms with Crippen LogP contribution in [0, 0.1) is 5.41 Å². The average molecular weight is 205 g/mol. The minimum absolute atomic E-state index is 0.165. The molecule has 0 heterocycles. The van der Waals surface area contributed by atoms with Gasteiger partial charge in [-0.05, 0) is 38.1 Å². The molecular weight excluding hydrogens is 190 g/mol. The SMILES string of the molecule is CCOc1ccc(C(=N)N=C(C)N)cc1. The first-order chi connectivity index (χ1) is 7.13. The van der Waals surface area contributed by atoms with Crippen LogP contribution in [-0.4, -0.2) is 18.3 Å². The smallest absolute Gasteiger partial charge is 0.153 e. The molecular formula is C11H15N3O. The van der Waals surface area contributed by atoms with Crippen LogP contribution in [0.3, 0.4) is 0 Å². The lowest BCUT2D eigenvalue weighted by Crippen LogP contribution is -2.09. The molecule has 0 aliphatic carbocycles. The van der Waals surface area contributed by atoms with E-state index in [2.05, 4.69) is 4.99 Å². The van der Waals surface area contributed by atoms with E-state index < -0.39 is 0 Å². The molecule has 80 valence electrons. The number of nitrogens with two attached hydrogens (primary N) is 1. The quantitative estimate of drug-likeness (QED) is 0.583. The van der Waals surface area contributed by atoms with Gasteiger partial charge in [-0.2, -0.15) is 0 Å². The summed E-state index contributed by atoms with van der Waals surface area (Å²) in [5.74, 6) is 1.34. The Balaban J connectivity index is 2.80. The van der Waals surface area contributed by atoms with Crippen molar-refractivity contribution in [2.45, 2.75) is 13.8 Å². The molecule has 0 aromatic heterocycles. The third kappa shape index (κ3) is 3.42. The van der Waals surface area contributed by atoms with E-state index in [-0.39, 0.29) is 5.84 Å². The van der Waals surface area contributed by atoms with Crippen molar-refractivity contribution in [1.29, 1.82) is 5.41 Å². The van der Waals surface area contributed by atoms with Crippen LogP contribution >= 0.6 is 0 Å². The Hall–Kier alpha value is -1.84. The van der Waals surface area contributed by atoms with Crippen molar-refractivity contribution >= 4 is 11.7 Å². The topological polar surface area (TPSA) is 71.5 Å². The summed E-state index contributed by atoms with van der Waals surface area (Å²) in [6.07, 6.45) is 0. The molecule has 0 bridgehead atoms. The Morgan fingerprint density at radius 3 is 2.47 bits per heavy atom. The zero-order valence-electron chi connectivity index (χ0n) is 8.95. The van der Waals surface area contributed by atoms with Crippen LogP contribution < -0.4 is 10.5 Å². The number of rotatable bonds is 3. The highest BCUT2D eigenvalue weighted by molar-refractivity contribution is 6.03. The van der Waals surface area contributed by atoms with E-state index in [0.717, 1.165) is 11.3 Å². The van der Waals surface area contributed by atoms with Crippen LogP contribution in [0.2, 0.25) is 0 Å². The third-order valence-corrected chi connectivity index (χ3v) is 1.73. The Morgan fingerprint density at radius 1 is 1.40 bits per heavy atom. The Morgan fingerprint density at radius 2 is 2.00 bits per heavy atom.